The van der Waals surface area contributed by atoms with Gasteiger partial charge in [-0.15, -0.1) is 0 Å². The number of carbonyl (C=O) groups is 2. The lowest BCUT2D eigenvalue weighted by atomic mass is 10.00. The second-order valence-electron chi connectivity index (χ2n) is 4.98. The van der Waals surface area contributed by atoms with Gasteiger partial charge in [0.1, 0.15) is 11.9 Å². The van der Waals surface area contributed by atoms with Crippen molar-refractivity contribution in [1.82, 2.24) is 10.2 Å². The minimum atomic E-state index is -0.423. The van der Waals surface area contributed by atoms with Gasteiger partial charge in [0.25, 0.3) is 0 Å². The quantitative estimate of drug-likeness (QED) is 0.911. The van der Waals surface area contributed by atoms with Crippen molar-refractivity contribution in [1.29, 1.82) is 0 Å². The Morgan fingerprint density at radius 2 is 2.10 bits per heavy atom. The van der Waals surface area contributed by atoms with Gasteiger partial charge in [0.05, 0.1) is 6.42 Å². The van der Waals surface area contributed by atoms with E-state index in [1.807, 2.05) is 0 Å². The first kappa shape index (κ1) is 14.5. The smallest absolute Gasteiger partial charge is 0.242 e. The molecule has 5 heteroatoms. The van der Waals surface area contributed by atoms with E-state index in [9.17, 15) is 14.0 Å². The van der Waals surface area contributed by atoms with Gasteiger partial charge in [-0.1, -0.05) is 18.2 Å². The number of carbonyl (C=O) groups excluding carboxylic acids is 2. The zero-order valence-electron chi connectivity index (χ0n) is 11.6. The average molecular weight is 278 g/mol. The molecule has 0 radical (unpaired) electrons. The molecular weight excluding hydrogens is 259 g/mol. The third-order valence-corrected chi connectivity index (χ3v) is 3.67. The molecule has 1 unspecified atom stereocenters. The van der Waals surface area contributed by atoms with Crippen LogP contribution in [-0.4, -0.2) is 36.3 Å². The normalized spacial score (nSPS) is 18.7. The van der Waals surface area contributed by atoms with Gasteiger partial charge in [-0.25, -0.2) is 4.39 Å². The zero-order valence-corrected chi connectivity index (χ0v) is 11.6. The molecule has 108 valence electrons. The molecule has 1 aliphatic heterocycles. The fraction of sp³-hybridized carbons (Fsp3) is 0.467. The van der Waals surface area contributed by atoms with Crippen molar-refractivity contribution < 1.29 is 14.0 Å². The van der Waals surface area contributed by atoms with Crippen molar-refractivity contribution in [3.63, 3.8) is 0 Å². The summed E-state index contributed by atoms with van der Waals surface area (Å²) < 4.78 is 13.6. The Morgan fingerprint density at radius 1 is 1.35 bits per heavy atom. The summed E-state index contributed by atoms with van der Waals surface area (Å²) in [5, 5.41) is 2.59. The number of piperidine rings is 1. The molecule has 2 rings (SSSR count). The van der Waals surface area contributed by atoms with Gasteiger partial charge in [-0.05, 0) is 30.9 Å². The Kier molecular flexibility index (Phi) is 4.71. The van der Waals surface area contributed by atoms with E-state index >= 15 is 0 Å². The lowest BCUT2D eigenvalue weighted by Crippen LogP contribution is -2.51. The number of hydrogen-bond donors (Lipinski definition) is 1. The van der Waals surface area contributed by atoms with Crippen molar-refractivity contribution in [3.8, 4) is 0 Å². The maximum Gasteiger partial charge on any atom is 0.242 e. The molecule has 0 bridgehead atoms. The van der Waals surface area contributed by atoms with E-state index in [2.05, 4.69) is 5.32 Å². The first-order valence-corrected chi connectivity index (χ1v) is 6.88. The van der Waals surface area contributed by atoms with Crippen LogP contribution in [0, 0.1) is 5.82 Å². The van der Waals surface area contributed by atoms with E-state index in [1.54, 1.807) is 30.1 Å². The van der Waals surface area contributed by atoms with Crippen LogP contribution >= 0.6 is 0 Å². The number of benzene rings is 1. The Balaban J connectivity index is 2.10. The molecule has 2 amide bonds. The minimum absolute atomic E-state index is 0.000166. The molecule has 1 saturated heterocycles. The molecule has 1 aliphatic rings. The third kappa shape index (κ3) is 3.15. The molecule has 1 aromatic carbocycles. The lowest BCUT2D eigenvalue weighted by Gasteiger charge is -2.34. The predicted molar refractivity (Wildman–Crippen MR) is 73.5 cm³/mol. The van der Waals surface area contributed by atoms with E-state index < -0.39 is 6.04 Å². The minimum Gasteiger partial charge on any atom is -0.357 e. The van der Waals surface area contributed by atoms with Gasteiger partial charge >= 0.3 is 0 Å². The molecule has 20 heavy (non-hydrogen) atoms. The SMILES string of the molecule is CNC(=O)C1CCCCN1C(=O)Cc1ccccc1F. The maximum atomic E-state index is 13.6. The van der Waals surface area contributed by atoms with Crippen LogP contribution in [0.25, 0.3) is 0 Å². The topological polar surface area (TPSA) is 49.4 Å². The van der Waals surface area contributed by atoms with E-state index in [0.29, 0.717) is 18.5 Å². The summed E-state index contributed by atoms with van der Waals surface area (Å²) in [6.45, 7) is 0.561. The number of likely N-dealkylation sites (N-methyl/N-ethyl adjacent to an activating group) is 1. The van der Waals surface area contributed by atoms with Gasteiger partial charge in [0.2, 0.25) is 11.8 Å². The fourth-order valence-corrected chi connectivity index (χ4v) is 2.58. The van der Waals surface area contributed by atoms with Crippen LogP contribution in [0.2, 0.25) is 0 Å². The molecular formula is C15H19FN2O2. The molecule has 1 N–H and O–H groups in total. The predicted octanol–water partition coefficient (Wildman–Crippen LogP) is 1.50. The molecule has 1 aromatic rings. The summed E-state index contributed by atoms with van der Waals surface area (Å²) >= 11 is 0. The van der Waals surface area contributed by atoms with E-state index in [0.717, 1.165) is 12.8 Å². The van der Waals surface area contributed by atoms with Crippen LogP contribution in [-0.2, 0) is 16.0 Å². The summed E-state index contributed by atoms with van der Waals surface area (Å²) in [7, 11) is 1.57. The standard InChI is InChI=1S/C15H19FN2O2/c1-17-15(20)13-8-4-5-9-18(13)14(19)10-11-6-2-3-7-12(11)16/h2-3,6-7,13H,4-5,8-10H2,1H3,(H,17,20). The number of halogens is 1. The highest BCUT2D eigenvalue weighted by molar-refractivity contribution is 5.88. The summed E-state index contributed by atoms with van der Waals surface area (Å²) in [6.07, 6.45) is 2.49. The van der Waals surface area contributed by atoms with Gasteiger partial charge in [0.15, 0.2) is 0 Å². The van der Waals surface area contributed by atoms with Crippen LogP contribution in [0.3, 0.4) is 0 Å². The van der Waals surface area contributed by atoms with Crippen LogP contribution in [0.5, 0.6) is 0 Å². The van der Waals surface area contributed by atoms with Gasteiger partial charge < -0.3 is 10.2 Å². The highest BCUT2D eigenvalue weighted by atomic mass is 19.1. The lowest BCUT2D eigenvalue weighted by molar-refractivity contribution is -0.141. The number of hydrogen-bond acceptors (Lipinski definition) is 2. The number of rotatable bonds is 3. The van der Waals surface area contributed by atoms with E-state index in [1.165, 1.54) is 6.07 Å². The molecule has 0 saturated carbocycles. The second kappa shape index (κ2) is 6.50. The van der Waals surface area contributed by atoms with Crippen molar-refractivity contribution in [2.24, 2.45) is 0 Å². The third-order valence-electron chi connectivity index (χ3n) is 3.67. The summed E-state index contributed by atoms with van der Waals surface area (Å²) in [5.41, 5.74) is 0.374. The molecule has 1 fully saturated rings. The molecule has 0 aromatic heterocycles. The highest BCUT2D eigenvalue weighted by Crippen LogP contribution is 2.19. The summed E-state index contributed by atoms with van der Waals surface area (Å²) in [5.74, 6) is -0.718. The molecule has 1 heterocycles. The highest BCUT2D eigenvalue weighted by Gasteiger charge is 2.31. The fourth-order valence-electron chi connectivity index (χ4n) is 2.58. The van der Waals surface area contributed by atoms with Crippen molar-refractivity contribution in [3.05, 3.63) is 35.6 Å². The Labute approximate surface area is 118 Å². The van der Waals surface area contributed by atoms with E-state index in [4.69, 9.17) is 0 Å². The zero-order chi connectivity index (χ0) is 14.5. The van der Waals surface area contributed by atoms with Crippen molar-refractivity contribution in [2.45, 2.75) is 31.7 Å². The van der Waals surface area contributed by atoms with Gasteiger partial charge in [0, 0.05) is 13.6 Å². The number of likely N-dealkylation sites (tertiary alicyclic amines) is 1. The van der Waals surface area contributed by atoms with Crippen molar-refractivity contribution >= 4 is 11.8 Å². The molecule has 1 atom stereocenters. The number of nitrogens with zero attached hydrogens (tertiary/aromatic N) is 1. The maximum absolute atomic E-state index is 13.6. The monoisotopic (exact) mass is 278 g/mol. The Bertz CT molecular complexity index is 504. The van der Waals surface area contributed by atoms with Crippen LogP contribution in [0.15, 0.2) is 24.3 Å². The molecule has 4 nitrogen and oxygen atoms in total. The van der Waals surface area contributed by atoms with Gasteiger partial charge in [-0.3, -0.25) is 9.59 Å². The summed E-state index contributed by atoms with van der Waals surface area (Å²) in [6, 6.07) is 5.82. The Hall–Kier alpha value is -1.91. The second-order valence-corrected chi connectivity index (χ2v) is 4.98. The number of nitrogens with one attached hydrogen (secondary N) is 1. The molecule has 0 aliphatic carbocycles. The van der Waals surface area contributed by atoms with E-state index in [-0.39, 0.29) is 24.1 Å². The Morgan fingerprint density at radius 3 is 2.80 bits per heavy atom. The molecule has 0 spiro atoms. The first-order chi connectivity index (χ1) is 9.63. The largest absolute Gasteiger partial charge is 0.357 e. The number of amides is 2. The van der Waals surface area contributed by atoms with Crippen molar-refractivity contribution in [2.75, 3.05) is 13.6 Å². The van der Waals surface area contributed by atoms with Gasteiger partial charge in [-0.2, -0.15) is 0 Å². The summed E-state index contributed by atoms with van der Waals surface area (Å²) in [4.78, 5) is 25.7. The van der Waals surface area contributed by atoms with Crippen LogP contribution in [0.1, 0.15) is 24.8 Å². The van der Waals surface area contributed by atoms with Crippen LogP contribution in [0.4, 0.5) is 4.39 Å². The van der Waals surface area contributed by atoms with Crippen LogP contribution < -0.4 is 5.32 Å². The average Bonchev–Trinajstić information content (AvgIpc) is 2.48. The first-order valence-electron chi connectivity index (χ1n) is 6.88.